The van der Waals surface area contributed by atoms with Gasteiger partial charge in [-0.3, -0.25) is 4.90 Å². The van der Waals surface area contributed by atoms with E-state index in [0.717, 1.165) is 5.92 Å². The van der Waals surface area contributed by atoms with Crippen molar-refractivity contribution in [2.45, 2.75) is 25.4 Å². The molecule has 52 valence electrons. The van der Waals surface area contributed by atoms with Crippen LogP contribution in [0.3, 0.4) is 0 Å². The predicted octanol–water partition coefficient (Wildman–Crippen LogP) is 0.387. The van der Waals surface area contributed by atoms with Crippen LogP contribution in [0.25, 0.3) is 0 Å². The summed E-state index contributed by atoms with van der Waals surface area (Å²) in [5.74, 6) is 0.832. The SMILES string of the molecule is NC1C2CCCN1CC2. The molecule has 0 spiro atoms. The van der Waals surface area contributed by atoms with Crippen molar-refractivity contribution in [1.82, 2.24) is 4.90 Å². The molecule has 2 rings (SSSR count). The summed E-state index contributed by atoms with van der Waals surface area (Å²) < 4.78 is 0. The second kappa shape index (κ2) is 1.96. The van der Waals surface area contributed by atoms with Crippen LogP contribution < -0.4 is 5.73 Å². The number of piperidine rings is 1. The van der Waals surface area contributed by atoms with Gasteiger partial charge in [-0.25, -0.2) is 0 Å². The maximum Gasteiger partial charge on any atom is 0.0601 e. The van der Waals surface area contributed by atoms with Crippen LogP contribution in [0.2, 0.25) is 0 Å². The third-order valence-electron chi connectivity index (χ3n) is 2.71. The maximum atomic E-state index is 5.91. The first-order chi connectivity index (χ1) is 4.38. The average Bonchev–Trinajstić information content (AvgIpc) is 2.19. The van der Waals surface area contributed by atoms with E-state index in [4.69, 9.17) is 5.73 Å². The van der Waals surface area contributed by atoms with Crippen LogP contribution in [0.4, 0.5) is 0 Å². The summed E-state index contributed by atoms with van der Waals surface area (Å²) in [6, 6.07) is 0. The van der Waals surface area contributed by atoms with E-state index in [1.165, 1.54) is 32.4 Å². The van der Waals surface area contributed by atoms with Gasteiger partial charge in [-0.05, 0) is 38.3 Å². The van der Waals surface area contributed by atoms with Gasteiger partial charge in [-0.15, -0.1) is 0 Å². The third kappa shape index (κ3) is 0.775. The number of fused-ring (bicyclic) bond motifs is 2. The van der Waals surface area contributed by atoms with Crippen molar-refractivity contribution < 1.29 is 0 Å². The molecule has 2 N–H and O–H groups in total. The summed E-state index contributed by atoms with van der Waals surface area (Å²) in [7, 11) is 0. The van der Waals surface area contributed by atoms with Gasteiger partial charge in [0.2, 0.25) is 0 Å². The van der Waals surface area contributed by atoms with E-state index in [1.54, 1.807) is 0 Å². The Morgan fingerprint density at radius 2 is 2.11 bits per heavy atom. The van der Waals surface area contributed by atoms with E-state index in [1.807, 2.05) is 0 Å². The zero-order valence-electron chi connectivity index (χ0n) is 5.71. The van der Waals surface area contributed by atoms with E-state index in [9.17, 15) is 0 Å². The van der Waals surface area contributed by atoms with Gasteiger partial charge in [-0.2, -0.15) is 0 Å². The van der Waals surface area contributed by atoms with Crippen LogP contribution >= 0.6 is 0 Å². The first-order valence-corrected chi connectivity index (χ1v) is 3.87. The Labute approximate surface area is 56.0 Å². The molecule has 2 bridgehead atoms. The molecule has 2 heteroatoms. The highest BCUT2D eigenvalue weighted by Gasteiger charge is 2.33. The van der Waals surface area contributed by atoms with E-state index in [-0.39, 0.29) is 0 Å². The van der Waals surface area contributed by atoms with Crippen molar-refractivity contribution in [2.24, 2.45) is 11.7 Å². The second-order valence-corrected chi connectivity index (χ2v) is 3.22. The highest BCUT2D eigenvalue weighted by Crippen LogP contribution is 2.29. The fourth-order valence-electron chi connectivity index (χ4n) is 2.08. The van der Waals surface area contributed by atoms with E-state index >= 15 is 0 Å². The summed E-state index contributed by atoms with van der Waals surface area (Å²) >= 11 is 0. The minimum Gasteiger partial charge on any atom is -0.315 e. The van der Waals surface area contributed by atoms with Crippen molar-refractivity contribution in [1.29, 1.82) is 0 Å². The van der Waals surface area contributed by atoms with Crippen LogP contribution in [0.5, 0.6) is 0 Å². The molecule has 0 aromatic carbocycles. The molecular weight excluding hydrogens is 112 g/mol. The fourth-order valence-corrected chi connectivity index (χ4v) is 2.08. The zero-order chi connectivity index (χ0) is 6.27. The molecule has 2 fully saturated rings. The minimum absolute atomic E-state index is 0.416. The van der Waals surface area contributed by atoms with Gasteiger partial charge in [0, 0.05) is 0 Å². The highest BCUT2D eigenvalue weighted by molar-refractivity contribution is 4.86. The number of nitrogens with zero attached hydrogens (tertiary/aromatic N) is 1. The maximum absolute atomic E-state index is 5.91. The lowest BCUT2D eigenvalue weighted by Crippen LogP contribution is -2.43. The molecule has 2 nitrogen and oxygen atoms in total. The van der Waals surface area contributed by atoms with E-state index in [2.05, 4.69) is 4.90 Å². The largest absolute Gasteiger partial charge is 0.315 e. The Balaban J connectivity index is 2.10. The Morgan fingerprint density at radius 1 is 1.22 bits per heavy atom. The van der Waals surface area contributed by atoms with E-state index < -0.39 is 0 Å². The first-order valence-electron chi connectivity index (χ1n) is 3.87. The number of nitrogens with two attached hydrogens (primary N) is 1. The monoisotopic (exact) mass is 126 g/mol. The van der Waals surface area contributed by atoms with Gasteiger partial charge in [0.25, 0.3) is 0 Å². The lowest BCUT2D eigenvalue weighted by atomic mass is 9.98. The Kier molecular flexibility index (Phi) is 1.24. The van der Waals surface area contributed by atoms with Gasteiger partial charge >= 0.3 is 0 Å². The third-order valence-corrected chi connectivity index (χ3v) is 2.71. The summed E-state index contributed by atoms with van der Waals surface area (Å²) in [5, 5.41) is 0. The Morgan fingerprint density at radius 3 is 2.78 bits per heavy atom. The Bertz CT molecular complexity index is 97.5. The minimum atomic E-state index is 0.416. The van der Waals surface area contributed by atoms with Gasteiger partial charge < -0.3 is 5.73 Å². The lowest BCUT2D eigenvalue weighted by molar-refractivity contribution is 0.181. The summed E-state index contributed by atoms with van der Waals surface area (Å²) in [6.07, 6.45) is 4.51. The molecule has 0 aromatic heterocycles. The summed E-state index contributed by atoms with van der Waals surface area (Å²) in [6.45, 7) is 2.50. The summed E-state index contributed by atoms with van der Waals surface area (Å²) in [5.41, 5.74) is 5.91. The van der Waals surface area contributed by atoms with E-state index in [0.29, 0.717) is 6.17 Å². The molecule has 0 amide bonds. The molecule has 2 saturated heterocycles. The summed E-state index contributed by atoms with van der Waals surface area (Å²) in [4.78, 5) is 2.41. The molecule has 2 aliphatic rings. The van der Waals surface area contributed by atoms with Crippen molar-refractivity contribution in [2.75, 3.05) is 13.1 Å². The highest BCUT2D eigenvalue weighted by atomic mass is 15.3. The van der Waals surface area contributed by atoms with Crippen LogP contribution in [-0.4, -0.2) is 24.2 Å². The number of hydrogen-bond acceptors (Lipinski definition) is 2. The van der Waals surface area contributed by atoms with Gasteiger partial charge in [0.1, 0.15) is 0 Å². The first kappa shape index (κ1) is 5.69. The van der Waals surface area contributed by atoms with Crippen molar-refractivity contribution in [3.05, 3.63) is 0 Å². The van der Waals surface area contributed by atoms with Crippen molar-refractivity contribution in [3.8, 4) is 0 Å². The standard InChI is InChI=1S/C7H14N2/c8-7-6-2-1-4-9(7)5-3-6/h6-7H,1-5,8H2. The molecular formula is C7H14N2. The topological polar surface area (TPSA) is 29.3 Å². The quantitative estimate of drug-likeness (QED) is 0.508. The zero-order valence-corrected chi connectivity index (χ0v) is 5.71. The lowest BCUT2D eigenvalue weighted by Gasteiger charge is -2.29. The van der Waals surface area contributed by atoms with Crippen LogP contribution in [0, 0.1) is 5.92 Å². The second-order valence-electron chi connectivity index (χ2n) is 3.22. The smallest absolute Gasteiger partial charge is 0.0601 e. The van der Waals surface area contributed by atoms with Gasteiger partial charge in [0.15, 0.2) is 0 Å². The van der Waals surface area contributed by atoms with Gasteiger partial charge in [-0.1, -0.05) is 0 Å². The molecule has 0 radical (unpaired) electrons. The number of hydrogen-bond donors (Lipinski definition) is 1. The molecule has 3 unspecified atom stereocenters. The molecule has 2 aliphatic heterocycles. The predicted molar refractivity (Wildman–Crippen MR) is 36.9 cm³/mol. The molecule has 0 aromatic rings. The molecule has 0 saturated carbocycles. The van der Waals surface area contributed by atoms with Crippen LogP contribution in [0.1, 0.15) is 19.3 Å². The normalized spacial score (nSPS) is 49.7. The number of rotatable bonds is 0. The molecule has 2 heterocycles. The van der Waals surface area contributed by atoms with Crippen LogP contribution in [-0.2, 0) is 0 Å². The fraction of sp³-hybridized carbons (Fsp3) is 1.00. The van der Waals surface area contributed by atoms with Crippen LogP contribution in [0.15, 0.2) is 0 Å². The average molecular weight is 126 g/mol. The molecule has 3 atom stereocenters. The van der Waals surface area contributed by atoms with Crippen molar-refractivity contribution in [3.63, 3.8) is 0 Å². The van der Waals surface area contributed by atoms with Gasteiger partial charge in [0.05, 0.1) is 6.17 Å². The Hall–Kier alpha value is -0.0800. The molecule has 9 heavy (non-hydrogen) atoms. The molecule has 0 aliphatic carbocycles. The van der Waals surface area contributed by atoms with Crippen molar-refractivity contribution >= 4 is 0 Å².